The Balaban J connectivity index is 2.24. The molecule has 90 valence electrons. The van der Waals surface area contributed by atoms with Gasteiger partial charge in [0.1, 0.15) is 11.5 Å². The fraction of sp³-hybridized carbons (Fsp3) is 0.273. The molecule has 2 aromatic rings. The summed E-state index contributed by atoms with van der Waals surface area (Å²) in [6, 6.07) is 3.73. The van der Waals surface area contributed by atoms with E-state index in [1.165, 1.54) is 0 Å². The van der Waals surface area contributed by atoms with Crippen molar-refractivity contribution >= 4 is 27.7 Å². The summed E-state index contributed by atoms with van der Waals surface area (Å²) < 4.78 is 2.80. The lowest BCUT2D eigenvalue weighted by Crippen LogP contribution is -2.17. The standard InChI is InChI=1S/C11H13BrN4O/c1-7(2)16-6-8(12)5-9(16)11(17)14-10-3-4-13-15-10/h3-7H,1-2H3,(H2,13,14,15,17). The van der Waals surface area contributed by atoms with Crippen molar-refractivity contribution in [3.8, 4) is 0 Å². The zero-order valence-electron chi connectivity index (χ0n) is 9.57. The molecular weight excluding hydrogens is 284 g/mol. The molecule has 2 N–H and O–H groups in total. The summed E-state index contributed by atoms with van der Waals surface area (Å²) in [6.45, 7) is 4.05. The number of H-pyrrole nitrogens is 1. The predicted octanol–water partition coefficient (Wildman–Crippen LogP) is 2.81. The molecule has 0 spiro atoms. The third-order valence-corrected chi connectivity index (χ3v) is 2.79. The van der Waals surface area contributed by atoms with Gasteiger partial charge in [-0.3, -0.25) is 9.89 Å². The summed E-state index contributed by atoms with van der Waals surface area (Å²) in [6.07, 6.45) is 3.49. The van der Waals surface area contributed by atoms with Crippen LogP contribution in [0.25, 0.3) is 0 Å². The Morgan fingerprint density at radius 1 is 1.59 bits per heavy atom. The highest BCUT2D eigenvalue weighted by atomic mass is 79.9. The smallest absolute Gasteiger partial charge is 0.273 e. The maximum absolute atomic E-state index is 12.1. The molecule has 0 radical (unpaired) electrons. The van der Waals surface area contributed by atoms with E-state index >= 15 is 0 Å². The number of amides is 1. The molecule has 6 heteroatoms. The molecular formula is C11H13BrN4O. The van der Waals surface area contributed by atoms with Gasteiger partial charge >= 0.3 is 0 Å². The number of nitrogens with zero attached hydrogens (tertiary/aromatic N) is 2. The van der Waals surface area contributed by atoms with Crippen LogP contribution >= 0.6 is 15.9 Å². The van der Waals surface area contributed by atoms with Crippen molar-refractivity contribution in [2.45, 2.75) is 19.9 Å². The van der Waals surface area contributed by atoms with Crippen molar-refractivity contribution in [3.63, 3.8) is 0 Å². The number of anilines is 1. The van der Waals surface area contributed by atoms with E-state index in [0.29, 0.717) is 11.5 Å². The average Bonchev–Trinajstić information content (AvgIpc) is 2.86. The first-order valence-corrected chi connectivity index (χ1v) is 6.05. The first-order chi connectivity index (χ1) is 8.08. The SMILES string of the molecule is CC(C)n1cc(Br)cc1C(=O)Nc1ccn[nH]1. The number of hydrogen-bond donors (Lipinski definition) is 2. The molecule has 1 amide bonds. The van der Waals surface area contributed by atoms with Crippen LogP contribution in [0.2, 0.25) is 0 Å². The van der Waals surface area contributed by atoms with Crippen molar-refractivity contribution < 1.29 is 4.79 Å². The zero-order valence-corrected chi connectivity index (χ0v) is 11.2. The Bertz CT molecular complexity index is 516. The number of hydrogen-bond acceptors (Lipinski definition) is 2. The van der Waals surface area contributed by atoms with E-state index < -0.39 is 0 Å². The first-order valence-electron chi connectivity index (χ1n) is 5.26. The van der Waals surface area contributed by atoms with Gasteiger partial charge in [0.2, 0.25) is 0 Å². The second-order valence-corrected chi connectivity index (χ2v) is 4.88. The van der Waals surface area contributed by atoms with E-state index in [0.717, 1.165) is 4.47 Å². The minimum absolute atomic E-state index is 0.159. The van der Waals surface area contributed by atoms with E-state index in [-0.39, 0.29) is 11.9 Å². The van der Waals surface area contributed by atoms with Crippen molar-refractivity contribution in [1.82, 2.24) is 14.8 Å². The van der Waals surface area contributed by atoms with Crippen LogP contribution in [-0.2, 0) is 0 Å². The number of carbonyl (C=O) groups is 1. The van der Waals surface area contributed by atoms with Crippen LogP contribution in [0.5, 0.6) is 0 Å². The number of aromatic nitrogens is 3. The normalized spacial score (nSPS) is 10.8. The van der Waals surface area contributed by atoms with Crippen LogP contribution in [0.1, 0.15) is 30.4 Å². The van der Waals surface area contributed by atoms with Crippen LogP contribution in [0.3, 0.4) is 0 Å². The first kappa shape index (κ1) is 11.9. The fourth-order valence-electron chi connectivity index (χ4n) is 1.57. The molecule has 2 rings (SSSR count). The lowest BCUT2D eigenvalue weighted by molar-refractivity contribution is 0.101. The predicted molar refractivity (Wildman–Crippen MR) is 69.1 cm³/mol. The summed E-state index contributed by atoms with van der Waals surface area (Å²) in [4.78, 5) is 12.1. The maximum Gasteiger partial charge on any atom is 0.273 e. The van der Waals surface area contributed by atoms with Gasteiger partial charge in [0, 0.05) is 22.8 Å². The lowest BCUT2D eigenvalue weighted by Gasteiger charge is -2.11. The maximum atomic E-state index is 12.1. The Morgan fingerprint density at radius 3 is 2.94 bits per heavy atom. The summed E-state index contributed by atoms with van der Waals surface area (Å²) in [5.74, 6) is 0.427. The van der Waals surface area contributed by atoms with Gasteiger partial charge in [0.15, 0.2) is 0 Å². The van der Waals surface area contributed by atoms with Gasteiger partial charge in [-0.25, -0.2) is 0 Å². The molecule has 0 aliphatic carbocycles. The number of rotatable bonds is 3. The zero-order chi connectivity index (χ0) is 12.4. The second-order valence-electron chi connectivity index (χ2n) is 3.97. The molecule has 0 fully saturated rings. The van der Waals surface area contributed by atoms with Crippen LogP contribution in [0, 0.1) is 0 Å². The van der Waals surface area contributed by atoms with Gasteiger partial charge in [-0.05, 0) is 35.8 Å². The minimum atomic E-state index is -0.159. The Hall–Kier alpha value is -1.56. The van der Waals surface area contributed by atoms with Crippen molar-refractivity contribution in [2.75, 3.05) is 5.32 Å². The van der Waals surface area contributed by atoms with E-state index in [1.54, 1.807) is 18.3 Å². The molecule has 2 heterocycles. The number of halogens is 1. The average molecular weight is 297 g/mol. The van der Waals surface area contributed by atoms with E-state index in [9.17, 15) is 4.79 Å². The number of nitrogens with one attached hydrogen (secondary N) is 2. The molecule has 0 aliphatic rings. The summed E-state index contributed by atoms with van der Waals surface area (Å²) in [5, 5.41) is 9.21. The topological polar surface area (TPSA) is 62.7 Å². The Labute approximate surface area is 107 Å². The summed E-state index contributed by atoms with van der Waals surface area (Å²) in [7, 11) is 0. The second kappa shape index (κ2) is 4.75. The minimum Gasteiger partial charge on any atom is -0.340 e. The molecule has 0 aliphatic heterocycles. The van der Waals surface area contributed by atoms with E-state index in [2.05, 4.69) is 31.4 Å². The van der Waals surface area contributed by atoms with Crippen LogP contribution in [-0.4, -0.2) is 20.7 Å². The van der Waals surface area contributed by atoms with E-state index in [1.807, 2.05) is 24.6 Å². The van der Waals surface area contributed by atoms with Crippen molar-refractivity contribution in [3.05, 3.63) is 34.7 Å². The molecule has 0 saturated heterocycles. The number of aromatic amines is 1. The molecule has 0 saturated carbocycles. The van der Waals surface area contributed by atoms with Crippen LogP contribution < -0.4 is 5.32 Å². The highest BCUT2D eigenvalue weighted by Gasteiger charge is 2.15. The molecule has 0 bridgehead atoms. The largest absolute Gasteiger partial charge is 0.340 e. The van der Waals surface area contributed by atoms with E-state index in [4.69, 9.17) is 0 Å². The quantitative estimate of drug-likeness (QED) is 0.915. The van der Waals surface area contributed by atoms with Gasteiger partial charge in [-0.1, -0.05) is 0 Å². The summed E-state index contributed by atoms with van der Waals surface area (Å²) in [5.41, 5.74) is 0.612. The summed E-state index contributed by atoms with van der Waals surface area (Å²) >= 11 is 3.38. The molecule has 2 aromatic heterocycles. The van der Waals surface area contributed by atoms with Gasteiger partial charge in [-0.2, -0.15) is 5.10 Å². The fourth-order valence-corrected chi connectivity index (χ4v) is 2.00. The van der Waals surface area contributed by atoms with Gasteiger partial charge in [0.25, 0.3) is 5.91 Å². The lowest BCUT2D eigenvalue weighted by atomic mass is 10.3. The van der Waals surface area contributed by atoms with Crippen molar-refractivity contribution in [1.29, 1.82) is 0 Å². The highest BCUT2D eigenvalue weighted by Crippen LogP contribution is 2.20. The Morgan fingerprint density at radius 2 is 2.35 bits per heavy atom. The monoisotopic (exact) mass is 296 g/mol. The molecule has 0 atom stereocenters. The van der Waals surface area contributed by atoms with Crippen molar-refractivity contribution in [2.24, 2.45) is 0 Å². The molecule has 0 aromatic carbocycles. The van der Waals surface area contributed by atoms with Gasteiger partial charge < -0.3 is 9.88 Å². The molecule has 0 unspecified atom stereocenters. The molecule has 5 nitrogen and oxygen atoms in total. The third-order valence-electron chi connectivity index (χ3n) is 2.35. The van der Waals surface area contributed by atoms with Crippen LogP contribution in [0.15, 0.2) is 29.0 Å². The molecule has 17 heavy (non-hydrogen) atoms. The number of carbonyl (C=O) groups excluding carboxylic acids is 1. The van der Waals surface area contributed by atoms with Gasteiger partial charge in [0.05, 0.1) is 6.20 Å². The Kier molecular flexibility index (Phi) is 3.33. The third kappa shape index (κ3) is 2.58. The van der Waals surface area contributed by atoms with Crippen LogP contribution in [0.4, 0.5) is 5.82 Å². The van der Waals surface area contributed by atoms with Gasteiger partial charge in [-0.15, -0.1) is 0 Å². The highest BCUT2D eigenvalue weighted by molar-refractivity contribution is 9.10.